The van der Waals surface area contributed by atoms with Gasteiger partial charge in [0, 0.05) is 5.56 Å². The molecule has 0 aromatic heterocycles. The Balaban J connectivity index is 2.89. The van der Waals surface area contributed by atoms with Crippen LogP contribution in [0.1, 0.15) is 49.2 Å². The van der Waals surface area contributed by atoms with Crippen LogP contribution >= 0.6 is 0 Å². The average Bonchev–Trinajstić information content (AvgIpc) is 2.25. The van der Waals surface area contributed by atoms with Crippen LogP contribution in [0.4, 0.5) is 0 Å². The van der Waals surface area contributed by atoms with Gasteiger partial charge >= 0.3 is 0 Å². The van der Waals surface area contributed by atoms with Crippen LogP contribution in [0.15, 0.2) is 18.2 Å². The normalized spacial score (nSPS) is 10.8. The third kappa shape index (κ3) is 3.46. The number of ether oxygens (including phenoxy) is 1. The van der Waals surface area contributed by atoms with E-state index >= 15 is 0 Å². The highest BCUT2D eigenvalue weighted by atomic mass is 16.5. The SMILES string of the molecule is CCc1cc(C(C)=O)ccc1COC(C)C. The van der Waals surface area contributed by atoms with Crippen LogP contribution in [-0.4, -0.2) is 11.9 Å². The van der Waals surface area contributed by atoms with E-state index in [-0.39, 0.29) is 11.9 Å². The van der Waals surface area contributed by atoms with Gasteiger partial charge in [0.25, 0.3) is 0 Å². The largest absolute Gasteiger partial charge is 0.374 e. The Bertz CT molecular complexity index is 367. The van der Waals surface area contributed by atoms with Gasteiger partial charge in [-0.25, -0.2) is 0 Å². The van der Waals surface area contributed by atoms with Crippen LogP contribution in [0.2, 0.25) is 0 Å². The van der Waals surface area contributed by atoms with E-state index < -0.39 is 0 Å². The number of carbonyl (C=O) groups excluding carboxylic acids is 1. The smallest absolute Gasteiger partial charge is 0.159 e. The molecule has 0 saturated heterocycles. The molecule has 2 heteroatoms. The summed E-state index contributed by atoms with van der Waals surface area (Å²) in [5, 5.41) is 0. The third-order valence-electron chi connectivity index (χ3n) is 2.57. The van der Waals surface area contributed by atoms with Gasteiger partial charge in [-0.2, -0.15) is 0 Å². The summed E-state index contributed by atoms with van der Waals surface area (Å²) >= 11 is 0. The minimum Gasteiger partial charge on any atom is -0.374 e. The second kappa shape index (κ2) is 5.80. The van der Waals surface area contributed by atoms with Crippen molar-refractivity contribution in [3.05, 3.63) is 34.9 Å². The summed E-state index contributed by atoms with van der Waals surface area (Å²) in [4.78, 5) is 11.3. The Labute approximate surface area is 97.6 Å². The molecule has 0 fully saturated rings. The molecule has 0 aliphatic carbocycles. The number of aryl methyl sites for hydroxylation is 1. The Hall–Kier alpha value is -1.15. The lowest BCUT2D eigenvalue weighted by Gasteiger charge is -2.12. The second-order valence-electron chi connectivity index (χ2n) is 4.25. The molecule has 0 spiro atoms. The fourth-order valence-electron chi connectivity index (χ4n) is 1.57. The summed E-state index contributed by atoms with van der Waals surface area (Å²) in [6, 6.07) is 5.85. The van der Waals surface area contributed by atoms with Crippen LogP contribution in [0.3, 0.4) is 0 Å². The number of hydrogen-bond donors (Lipinski definition) is 0. The lowest BCUT2D eigenvalue weighted by atomic mass is 10.0. The Kier molecular flexibility index (Phi) is 4.69. The van der Waals surface area contributed by atoms with Crippen molar-refractivity contribution in [2.24, 2.45) is 0 Å². The van der Waals surface area contributed by atoms with E-state index in [1.54, 1.807) is 6.92 Å². The van der Waals surface area contributed by atoms with Crippen molar-refractivity contribution >= 4 is 5.78 Å². The van der Waals surface area contributed by atoms with E-state index in [1.807, 2.05) is 32.0 Å². The topological polar surface area (TPSA) is 26.3 Å². The fraction of sp³-hybridized carbons (Fsp3) is 0.500. The molecule has 0 saturated carbocycles. The molecular weight excluding hydrogens is 200 g/mol. The van der Waals surface area contributed by atoms with Crippen LogP contribution in [-0.2, 0) is 17.8 Å². The maximum Gasteiger partial charge on any atom is 0.159 e. The van der Waals surface area contributed by atoms with E-state index in [4.69, 9.17) is 4.74 Å². The lowest BCUT2D eigenvalue weighted by Crippen LogP contribution is -2.05. The highest BCUT2D eigenvalue weighted by Gasteiger charge is 2.06. The molecule has 0 unspecified atom stereocenters. The Morgan fingerprint density at radius 2 is 2.00 bits per heavy atom. The van der Waals surface area contributed by atoms with Gasteiger partial charge in [-0.15, -0.1) is 0 Å². The van der Waals surface area contributed by atoms with E-state index in [0.717, 1.165) is 12.0 Å². The maximum absolute atomic E-state index is 11.3. The second-order valence-corrected chi connectivity index (χ2v) is 4.25. The molecule has 0 heterocycles. The van der Waals surface area contributed by atoms with Crippen molar-refractivity contribution < 1.29 is 9.53 Å². The molecule has 0 amide bonds. The monoisotopic (exact) mass is 220 g/mol. The van der Waals surface area contributed by atoms with E-state index in [1.165, 1.54) is 11.1 Å². The van der Waals surface area contributed by atoms with Crippen LogP contribution in [0, 0.1) is 0 Å². The maximum atomic E-state index is 11.3. The third-order valence-corrected chi connectivity index (χ3v) is 2.57. The summed E-state index contributed by atoms with van der Waals surface area (Å²) in [5.41, 5.74) is 3.17. The van der Waals surface area contributed by atoms with Crippen molar-refractivity contribution in [3.8, 4) is 0 Å². The number of ketones is 1. The summed E-state index contributed by atoms with van der Waals surface area (Å²) in [7, 11) is 0. The van der Waals surface area contributed by atoms with Gasteiger partial charge in [0.05, 0.1) is 12.7 Å². The zero-order valence-corrected chi connectivity index (χ0v) is 10.5. The first-order valence-electron chi connectivity index (χ1n) is 5.79. The Morgan fingerprint density at radius 3 is 2.50 bits per heavy atom. The molecule has 0 atom stereocenters. The molecule has 0 radical (unpaired) electrons. The molecule has 2 nitrogen and oxygen atoms in total. The molecular formula is C14H20O2. The summed E-state index contributed by atoms with van der Waals surface area (Å²) in [6.07, 6.45) is 1.16. The molecule has 0 aliphatic heterocycles. The quantitative estimate of drug-likeness (QED) is 0.711. The number of carbonyl (C=O) groups is 1. The first kappa shape index (κ1) is 12.9. The first-order chi connectivity index (χ1) is 7.54. The predicted octanol–water partition coefficient (Wildman–Crippen LogP) is 3.38. The molecule has 1 aromatic carbocycles. The highest BCUT2D eigenvalue weighted by Crippen LogP contribution is 2.15. The number of hydrogen-bond acceptors (Lipinski definition) is 2. The average molecular weight is 220 g/mol. The van der Waals surface area contributed by atoms with E-state index in [9.17, 15) is 4.79 Å². The van der Waals surface area contributed by atoms with Gasteiger partial charge < -0.3 is 4.74 Å². The standard InChI is InChI=1S/C14H20O2/c1-5-12-8-13(11(4)15)6-7-14(12)9-16-10(2)3/h6-8,10H,5,9H2,1-4H3. The zero-order chi connectivity index (χ0) is 12.1. The summed E-state index contributed by atoms with van der Waals surface area (Å²) in [6.45, 7) is 8.36. The number of rotatable bonds is 5. The van der Waals surface area contributed by atoms with Gasteiger partial charge in [-0.3, -0.25) is 4.79 Å². The lowest BCUT2D eigenvalue weighted by molar-refractivity contribution is 0.0652. The number of benzene rings is 1. The van der Waals surface area contributed by atoms with Crippen LogP contribution in [0.25, 0.3) is 0 Å². The molecule has 1 rings (SSSR count). The number of Topliss-reactive ketones (excluding diaryl/α,β-unsaturated/α-hetero) is 1. The first-order valence-corrected chi connectivity index (χ1v) is 5.79. The van der Waals surface area contributed by atoms with Gasteiger partial charge in [0.15, 0.2) is 5.78 Å². The fourth-order valence-corrected chi connectivity index (χ4v) is 1.57. The van der Waals surface area contributed by atoms with Gasteiger partial charge in [-0.1, -0.05) is 19.1 Å². The van der Waals surface area contributed by atoms with Crippen molar-refractivity contribution in [2.75, 3.05) is 0 Å². The molecule has 16 heavy (non-hydrogen) atoms. The molecule has 0 N–H and O–H groups in total. The molecule has 0 bridgehead atoms. The van der Waals surface area contributed by atoms with Crippen molar-refractivity contribution in [2.45, 2.75) is 46.8 Å². The molecule has 0 aliphatic rings. The van der Waals surface area contributed by atoms with E-state index in [0.29, 0.717) is 6.61 Å². The van der Waals surface area contributed by atoms with Gasteiger partial charge in [0.1, 0.15) is 0 Å². The molecule has 88 valence electrons. The summed E-state index contributed by atoms with van der Waals surface area (Å²) in [5.74, 6) is 0.117. The zero-order valence-electron chi connectivity index (χ0n) is 10.5. The van der Waals surface area contributed by atoms with Crippen LogP contribution < -0.4 is 0 Å². The Morgan fingerprint density at radius 1 is 1.31 bits per heavy atom. The van der Waals surface area contributed by atoms with Gasteiger partial charge in [0.2, 0.25) is 0 Å². The molecule has 1 aromatic rings. The van der Waals surface area contributed by atoms with Crippen molar-refractivity contribution in [1.29, 1.82) is 0 Å². The minimum absolute atomic E-state index is 0.117. The predicted molar refractivity (Wildman–Crippen MR) is 65.7 cm³/mol. The summed E-state index contributed by atoms with van der Waals surface area (Å²) < 4.78 is 5.59. The van der Waals surface area contributed by atoms with Gasteiger partial charge in [-0.05, 0) is 44.4 Å². The minimum atomic E-state index is 0.117. The van der Waals surface area contributed by atoms with Crippen molar-refractivity contribution in [1.82, 2.24) is 0 Å². The van der Waals surface area contributed by atoms with E-state index in [2.05, 4.69) is 6.92 Å². The highest BCUT2D eigenvalue weighted by molar-refractivity contribution is 5.94. The van der Waals surface area contributed by atoms with Crippen molar-refractivity contribution in [3.63, 3.8) is 0 Å². The van der Waals surface area contributed by atoms with Crippen LogP contribution in [0.5, 0.6) is 0 Å².